The molecule has 7 heteroatoms. The molecule has 0 radical (unpaired) electrons. The molecule has 0 spiro atoms. The molecule has 0 aromatic heterocycles. The summed E-state index contributed by atoms with van der Waals surface area (Å²) in [5.74, 6) is -0.194. The smallest absolute Gasteiger partial charge is 0.216 e. The van der Waals surface area contributed by atoms with E-state index in [9.17, 15) is 13.2 Å². The van der Waals surface area contributed by atoms with E-state index >= 15 is 0 Å². The maximum Gasteiger partial charge on any atom is 0.216 e. The molecule has 4 N–H and O–H groups in total. The summed E-state index contributed by atoms with van der Waals surface area (Å²) < 4.78 is 20.9. The third-order valence-electron chi connectivity index (χ3n) is 1.24. The minimum Gasteiger partial charge on any atom is -0.355 e. The van der Waals surface area contributed by atoms with Crippen LogP contribution >= 0.6 is 0 Å². The maximum absolute atomic E-state index is 10.4. The summed E-state index contributed by atoms with van der Waals surface area (Å²) in [6.45, 7) is 2.75. The Kier molecular flexibility index (Phi) is 5.60. The van der Waals surface area contributed by atoms with Gasteiger partial charge in [0.05, 0.1) is 5.75 Å². The van der Waals surface area contributed by atoms with Crippen molar-refractivity contribution in [2.75, 3.05) is 25.4 Å². The van der Waals surface area contributed by atoms with Crippen LogP contribution in [0.3, 0.4) is 0 Å². The van der Waals surface area contributed by atoms with E-state index in [4.69, 9.17) is 5.14 Å². The minimum absolute atomic E-state index is 0.0902. The van der Waals surface area contributed by atoms with Crippen LogP contribution in [-0.4, -0.2) is 39.7 Å². The molecule has 6 nitrogen and oxygen atoms in total. The number of primary sulfonamides is 1. The summed E-state index contributed by atoms with van der Waals surface area (Å²) in [7, 11) is -3.38. The quantitative estimate of drug-likeness (QED) is 0.440. The number of carbonyl (C=O) groups is 1. The molecule has 0 heterocycles. The van der Waals surface area contributed by atoms with Crippen molar-refractivity contribution < 1.29 is 13.2 Å². The number of hydrogen-bond acceptors (Lipinski definition) is 4. The first-order valence-electron chi connectivity index (χ1n) is 3.87. The summed E-state index contributed by atoms with van der Waals surface area (Å²) in [5, 5.41) is 10.1. The Morgan fingerprint density at radius 3 is 2.38 bits per heavy atom. The third-order valence-corrected chi connectivity index (χ3v) is 2.01. The second-order valence-electron chi connectivity index (χ2n) is 2.60. The number of amides is 1. The van der Waals surface area contributed by atoms with Crippen LogP contribution in [0.25, 0.3) is 0 Å². The van der Waals surface area contributed by atoms with E-state index in [0.29, 0.717) is 19.6 Å². The molecular weight excluding hydrogens is 194 g/mol. The summed E-state index contributed by atoms with van der Waals surface area (Å²) in [6.07, 6.45) is 0. The van der Waals surface area contributed by atoms with E-state index in [1.165, 1.54) is 6.92 Å². The molecule has 0 aliphatic rings. The van der Waals surface area contributed by atoms with Gasteiger partial charge in [0.1, 0.15) is 0 Å². The van der Waals surface area contributed by atoms with Gasteiger partial charge in [0.15, 0.2) is 0 Å². The van der Waals surface area contributed by atoms with E-state index < -0.39 is 10.0 Å². The average Bonchev–Trinajstić information content (AvgIpc) is 1.93. The minimum atomic E-state index is -3.38. The van der Waals surface area contributed by atoms with Gasteiger partial charge in [-0.1, -0.05) is 0 Å². The monoisotopic (exact) mass is 209 g/mol. The predicted molar refractivity (Wildman–Crippen MR) is 49.5 cm³/mol. The van der Waals surface area contributed by atoms with Gasteiger partial charge < -0.3 is 10.6 Å². The topological polar surface area (TPSA) is 101 Å². The molecule has 1 amide bonds. The second kappa shape index (κ2) is 5.90. The highest BCUT2D eigenvalue weighted by Gasteiger charge is 2.00. The zero-order valence-electron chi connectivity index (χ0n) is 7.54. The molecule has 0 rings (SSSR count). The lowest BCUT2D eigenvalue weighted by Crippen LogP contribution is -2.33. The highest BCUT2D eigenvalue weighted by atomic mass is 32.2. The Hall–Kier alpha value is -0.660. The number of nitrogens with two attached hydrogens (primary N) is 1. The average molecular weight is 209 g/mol. The van der Waals surface area contributed by atoms with Crippen LogP contribution in [0.5, 0.6) is 0 Å². The molecule has 0 aliphatic carbocycles. The van der Waals surface area contributed by atoms with E-state index in [-0.39, 0.29) is 11.7 Å². The van der Waals surface area contributed by atoms with Gasteiger partial charge in [0.2, 0.25) is 15.9 Å². The number of sulfonamides is 1. The lowest BCUT2D eigenvalue weighted by Gasteiger charge is -2.03. The van der Waals surface area contributed by atoms with Gasteiger partial charge in [-0.2, -0.15) is 0 Å². The molecule has 0 atom stereocenters. The largest absolute Gasteiger partial charge is 0.355 e. The molecule has 0 aromatic carbocycles. The van der Waals surface area contributed by atoms with Crippen LogP contribution in [0, 0.1) is 0 Å². The predicted octanol–water partition coefficient (Wildman–Crippen LogP) is -2.00. The number of carbonyl (C=O) groups excluding carboxylic acids is 1. The molecule has 78 valence electrons. The summed E-state index contributed by atoms with van der Waals surface area (Å²) >= 11 is 0. The van der Waals surface area contributed by atoms with Crippen molar-refractivity contribution in [2.45, 2.75) is 6.92 Å². The SMILES string of the molecule is CC(=O)NCCNCCS(N)(=O)=O. The fraction of sp³-hybridized carbons (Fsp3) is 0.833. The van der Waals surface area contributed by atoms with E-state index in [1.54, 1.807) is 0 Å². The number of hydrogen-bond donors (Lipinski definition) is 3. The van der Waals surface area contributed by atoms with Crippen LogP contribution < -0.4 is 15.8 Å². The van der Waals surface area contributed by atoms with E-state index in [1.807, 2.05) is 0 Å². The molecule has 0 fully saturated rings. The van der Waals surface area contributed by atoms with Crippen molar-refractivity contribution in [3.8, 4) is 0 Å². The van der Waals surface area contributed by atoms with Gasteiger partial charge in [-0.05, 0) is 0 Å². The molecule has 0 aliphatic heterocycles. The standard InChI is InChI=1S/C6H15N3O3S/c1-6(10)9-3-2-8-4-5-13(7,11)12/h8H,2-5H2,1H3,(H,9,10)(H2,7,11,12). The van der Waals surface area contributed by atoms with Crippen molar-refractivity contribution in [3.05, 3.63) is 0 Å². The lowest BCUT2D eigenvalue weighted by molar-refractivity contribution is -0.118. The molecule has 0 aromatic rings. The fourth-order valence-electron chi connectivity index (χ4n) is 0.666. The van der Waals surface area contributed by atoms with Gasteiger partial charge in [-0.3, -0.25) is 4.79 Å². The fourth-order valence-corrected chi connectivity index (χ4v) is 1.10. The first-order chi connectivity index (χ1) is 5.92. The highest BCUT2D eigenvalue weighted by molar-refractivity contribution is 7.89. The van der Waals surface area contributed by atoms with Crippen molar-refractivity contribution in [2.24, 2.45) is 5.14 Å². The van der Waals surface area contributed by atoms with Gasteiger partial charge in [-0.15, -0.1) is 0 Å². The Morgan fingerprint density at radius 1 is 1.31 bits per heavy atom. The van der Waals surface area contributed by atoms with Crippen molar-refractivity contribution >= 4 is 15.9 Å². The maximum atomic E-state index is 10.4. The van der Waals surface area contributed by atoms with Crippen molar-refractivity contribution in [3.63, 3.8) is 0 Å². The van der Waals surface area contributed by atoms with Gasteiger partial charge >= 0.3 is 0 Å². The van der Waals surface area contributed by atoms with Crippen LogP contribution in [0.15, 0.2) is 0 Å². The normalized spacial score (nSPS) is 11.2. The molecule has 0 bridgehead atoms. The summed E-state index contributed by atoms with van der Waals surface area (Å²) in [4.78, 5) is 10.4. The van der Waals surface area contributed by atoms with E-state index in [0.717, 1.165) is 0 Å². The molecule has 13 heavy (non-hydrogen) atoms. The molecular formula is C6H15N3O3S. The van der Waals surface area contributed by atoms with Crippen LogP contribution in [0.2, 0.25) is 0 Å². The zero-order valence-corrected chi connectivity index (χ0v) is 8.36. The first kappa shape index (κ1) is 12.3. The Bertz CT molecular complexity index is 250. The van der Waals surface area contributed by atoms with Gasteiger partial charge in [0.25, 0.3) is 0 Å². The third kappa shape index (κ3) is 11.3. The Balaban J connectivity index is 3.23. The Labute approximate surface area is 77.9 Å². The molecule has 0 unspecified atom stereocenters. The van der Waals surface area contributed by atoms with Crippen molar-refractivity contribution in [1.82, 2.24) is 10.6 Å². The van der Waals surface area contributed by atoms with Crippen LogP contribution in [0.4, 0.5) is 0 Å². The summed E-state index contributed by atoms with van der Waals surface area (Å²) in [6, 6.07) is 0. The first-order valence-corrected chi connectivity index (χ1v) is 5.59. The van der Waals surface area contributed by atoms with Gasteiger partial charge in [-0.25, -0.2) is 13.6 Å². The molecule has 0 saturated heterocycles. The van der Waals surface area contributed by atoms with Gasteiger partial charge in [0, 0.05) is 26.6 Å². The summed E-state index contributed by atoms with van der Waals surface area (Å²) in [5.41, 5.74) is 0. The Morgan fingerprint density at radius 2 is 1.92 bits per heavy atom. The van der Waals surface area contributed by atoms with Crippen LogP contribution in [0.1, 0.15) is 6.92 Å². The zero-order chi connectivity index (χ0) is 10.3. The number of rotatable bonds is 6. The van der Waals surface area contributed by atoms with Crippen LogP contribution in [-0.2, 0) is 14.8 Å². The second-order valence-corrected chi connectivity index (χ2v) is 4.33. The molecule has 0 saturated carbocycles. The lowest BCUT2D eigenvalue weighted by atomic mass is 10.5. The highest BCUT2D eigenvalue weighted by Crippen LogP contribution is 1.73. The van der Waals surface area contributed by atoms with E-state index in [2.05, 4.69) is 10.6 Å². The number of nitrogens with one attached hydrogen (secondary N) is 2. The van der Waals surface area contributed by atoms with Crippen molar-refractivity contribution in [1.29, 1.82) is 0 Å².